The number of benzene rings is 2. The van der Waals surface area contributed by atoms with Crippen LogP contribution in [0.4, 0.5) is 0 Å². The molecule has 0 spiro atoms. The van der Waals surface area contributed by atoms with Gasteiger partial charge in [-0.3, -0.25) is 0 Å². The predicted octanol–water partition coefficient (Wildman–Crippen LogP) is 4.91. The SMILES string of the molecule is CCOC(=O)c1ccc(OS(=O)(=O)Oc2ccc3c(c2)C(C)(C)CCC3(C)C)cc1. The Morgan fingerprint density at radius 1 is 0.867 bits per heavy atom. The van der Waals surface area contributed by atoms with E-state index in [2.05, 4.69) is 27.7 Å². The molecule has 0 atom stereocenters. The van der Waals surface area contributed by atoms with Crippen LogP contribution in [-0.4, -0.2) is 21.0 Å². The Labute approximate surface area is 178 Å². The first-order valence-electron chi connectivity index (χ1n) is 10.00. The lowest BCUT2D eigenvalue weighted by Gasteiger charge is -2.41. The summed E-state index contributed by atoms with van der Waals surface area (Å²) < 4.78 is 40.0. The van der Waals surface area contributed by atoms with Crippen molar-refractivity contribution in [2.75, 3.05) is 6.61 Å². The average molecular weight is 433 g/mol. The van der Waals surface area contributed by atoms with Gasteiger partial charge in [-0.1, -0.05) is 33.8 Å². The quantitative estimate of drug-likeness (QED) is 0.603. The van der Waals surface area contributed by atoms with Crippen molar-refractivity contribution in [1.29, 1.82) is 0 Å². The van der Waals surface area contributed by atoms with Gasteiger partial charge in [-0.05, 0) is 78.1 Å². The van der Waals surface area contributed by atoms with Gasteiger partial charge in [0.05, 0.1) is 12.2 Å². The van der Waals surface area contributed by atoms with E-state index in [1.165, 1.54) is 29.8 Å². The molecule has 0 heterocycles. The van der Waals surface area contributed by atoms with Crippen LogP contribution in [0, 0.1) is 0 Å². The van der Waals surface area contributed by atoms with E-state index in [1.54, 1.807) is 19.1 Å². The second-order valence-electron chi connectivity index (χ2n) is 8.79. The maximum absolute atomic E-state index is 12.4. The van der Waals surface area contributed by atoms with Crippen molar-refractivity contribution in [3.05, 3.63) is 59.2 Å². The van der Waals surface area contributed by atoms with Gasteiger partial charge < -0.3 is 13.1 Å². The second-order valence-corrected chi connectivity index (χ2v) is 9.94. The highest BCUT2D eigenvalue weighted by atomic mass is 32.3. The third kappa shape index (κ3) is 4.78. The third-order valence-corrected chi connectivity index (χ3v) is 6.38. The molecule has 7 heteroatoms. The van der Waals surface area contributed by atoms with E-state index >= 15 is 0 Å². The maximum Gasteiger partial charge on any atom is 0.500 e. The second kappa shape index (κ2) is 7.95. The van der Waals surface area contributed by atoms with Crippen molar-refractivity contribution in [1.82, 2.24) is 0 Å². The smallest absolute Gasteiger partial charge is 0.462 e. The molecule has 6 nitrogen and oxygen atoms in total. The fourth-order valence-corrected chi connectivity index (χ4v) is 4.45. The summed E-state index contributed by atoms with van der Waals surface area (Å²) in [5.74, 6) is -0.229. The summed E-state index contributed by atoms with van der Waals surface area (Å²) in [6.07, 6.45) is 2.07. The molecule has 1 aliphatic carbocycles. The number of fused-ring (bicyclic) bond motifs is 1. The van der Waals surface area contributed by atoms with Gasteiger partial charge in [0, 0.05) is 0 Å². The van der Waals surface area contributed by atoms with Gasteiger partial charge >= 0.3 is 16.4 Å². The molecule has 0 saturated heterocycles. The van der Waals surface area contributed by atoms with Crippen LogP contribution in [0.15, 0.2) is 42.5 Å². The van der Waals surface area contributed by atoms with E-state index < -0.39 is 16.4 Å². The molecule has 30 heavy (non-hydrogen) atoms. The number of carbonyl (C=O) groups excluding carboxylic acids is 1. The Morgan fingerprint density at radius 3 is 2.00 bits per heavy atom. The lowest BCUT2D eigenvalue weighted by molar-refractivity contribution is 0.0526. The summed E-state index contributed by atoms with van der Waals surface area (Å²) >= 11 is 0. The Morgan fingerprint density at radius 2 is 1.40 bits per heavy atom. The van der Waals surface area contributed by atoms with Crippen LogP contribution in [0.2, 0.25) is 0 Å². The number of esters is 1. The first-order chi connectivity index (χ1) is 13.9. The van der Waals surface area contributed by atoms with Crippen molar-refractivity contribution < 1.29 is 26.3 Å². The van der Waals surface area contributed by atoms with Crippen molar-refractivity contribution in [2.24, 2.45) is 0 Å². The molecule has 0 radical (unpaired) electrons. The van der Waals surface area contributed by atoms with E-state index in [0.29, 0.717) is 5.56 Å². The number of carbonyl (C=O) groups is 1. The largest absolute Gasteiger partial charge is 0.500 e. The third-order valence-electron chi connectivity index (χ3n) is 5.59. The lowest BCUT2D eigenvalue weighted by Crippen LogP contribution is -2.33. The fraction of sp³-hybridized carbons (Fsp3) is 0.435. The highest BCUT2D eigenvalue weighted by Gasteiger charge is 2.37. The molecule has 0 aliphatic heterocycles. The molecule has 2 aromatic rings. The molecule has 0 fully saturated rings. The van der Waals surface area contributed by atoms with Crippen molar-refractivity contribution in [2.45, 2.75) is 58.3 Å². The molecule has 0 amide bonds. The number of ether oxygens (including phenoxy) is 1. The zero-order valence-electron chi connectivity index (χ0n) is 18.0. The van der Waals surface area contributed by atoms with Crippen molar-refractivity contribution in [3.63, 3.8) is 0 Å². The summed E-state index contributed by atoms with van der Waals surface area (Å²) in [5, 5.41) is 0. The van der Waals surface area contributed by atoms with E-state index in [-0.39, 0.29) is 28.9 Å². The summed E-state index contributed by atoms with van der Waals surface area (Å²) in [5.41, 5.74) is 2.56. The maximum atomic E-state index is 12.4. The first kappa shape index (κ1) is 22.2. The van der Waals surface area contributed by atoms with Gasteiger partial charge in [-0.15, -0.1) is 8.42 Å². The normalized spacial score (nSPS) is 17.0. The molecule has 0 bridgehead atoms. The Balaban J connectivity index is 1.78. The minimum atomic E-state index is -4.34. The Bertz CT molecular complexity index is 1040. The molecule has 3 rings (SSSR count). The summed E-state index contributed by atoms with van der Waals surface area (Å²) in [6, 6.07) is 11.0. The van der Waals surface area contributed by atoms with Crippen molar-refractivity contribution in [3.8, 4) is 11.5 Å². The van der Waals surface area contributed by atoms with Crippen LogP contribution in [0.3, 0.4) is 0 Å². The molecule has 0 aromatic heterocycles. The van der Waals surface area contributed by atoms with Gasteiger partial charge in [0.15, 0.2) is 0 Å². The molecule has 162 valence electrons. The fourth-order valence-electron chi connectivity index (χ4n) is 3.73. The van der Waals surface area contributed by atoms with Crippen LogP contribution >= 0.6 is 0 Å². The molecule has 0 N–H and O–H groups in total. The van der Waals surface area contributed by atoms with Crippen LogP contribution in [0.1, 0.15) is 68.9 Å². The van der Waals surface area contributed by atoms with E-state index in [1.807, 2.05) is 6.07 Å². The van der Waals surface area contributed by atoms with Gasteiger partial charge in [0.25, 0.3) is 0 Å². The summed E-state index contributed by atoms with van der Waals surface area (Å²) in [4.78, 5) is 11.7. The van der Waals surface area contributed by atoms with Gasteiger partial charge in [-0.25, -0.2) is 4.79 Å². The van der Waals surface area contributed by atoms with Gasteiger partial charge in [0.2, 0.25) is 0 Å². The van der Waals surface area contributed by atoms with Crippen LogP contribution < -0.4 is 8.37 Å². The highest BCUT2D eigenvalue weighted by molar-refractivity contribution is 7.82. The first-order valence-corrected chi connectivity index (χ1v) is 11.3. The standard InChI is InChI=1S/C23H28O6S/c1-6-27-21(24)16-7-9-17(10-8-16)28-30(25,26)29-18-11-12-19-20(15-18)23(4,5)14-13-22(19,2)3/h7-12,15H,6,13-14H2,1-5H3. The van der Waals surface area contributed by atoms with Crippen LogP contribution in [0.5, 0.6) is 11.5 Å². The van der Waals surface area contributed by atoms with Crippen molar-refractivity contribution >= 4 is 16.4 Å². The lowest BCUT2D eigenvalue weighted by atomic mass is 9.63. The Hall–Kier alpha value is -2.54. The summed E-state index contributed by atoms with van der Waals surface area (Å²) in [7, 11) is -4.34. The van der Waals surface area contributed by atoms with E-state index in [0.717, 1.165) is 18.4 Å². The number of rotatable bonds is 6. The molecule has 0 saturated carbocycles. The highest BCUT2D eigenvalue weighted by Crippen LogP contribution is 2.46. The Kier molecular flexibility index (Phi) is 5.87. The van der Waals surface area contributed by atoms with Gasteiger partial charge in [-0.2, -0.15) is 0 Å². The number of hydrogen-bond donors (Lipinski definition) is 0. The minimum Gasteiger partial charge on any atom is -0.462 e. The molecule has 0 unspecified atom stereocenters. The van der Waals surface area contributed by atoms with E-state index in [9.17, 15) is 13.2 Å². The average Bonchev–Trinajstić information content (AvgIpc) is 2.65. The minimum absolute atomic E-state index is 0.0272. The summed E-state index contributed by atoms with van der Waals surface area (Å²) in [6.45, 7) is 10.7. The van der Waals surface area contributed by atoms with E-state index in [4.69, 9.17) is 13.1 Å². The molecular formula is C23H28O6S. The predicted molar refractivity (Wildman–Crippen MR) is 114 cm³/mol. The van der Waals surface area contributed by atoms with Crippen LogP contribution in [-0.2, 0) is 26.0 Å². The topological polar surface area (TPSA) is 78.9 Å². The molecule has 1 aliphatic rings. The zero-order valence-corrected chi connectivity index (χ0v) is 18.8. The zero-order chi connectivity index (χ0) is 22.2. The van der Waals surface area contributed by atoms with Gasteiger partial charge in [0.1, 0.15) is 11.5 Å². The molecular weight excluding hydrogens is 404 g/mol. The van der Waals surface area contributed by atoms with Crippen LogP contribution in [0.25, 0.3) is 0 Å². The monoisotopic (exact) mass is 432 g/mol. The molecule has 2 aromatic carbocycles. The number of hydrogen-bond acceptors (Lipinski definition) is 6.